The molecule has 2 unspecified atom stereocenters. The summed E-state index contributed by atoms with van der Waals surface area (Å²) in [7, 11) is 0. The smallest absolute Gasteiger partial charge is 0.339 e. The fourth-order valence-electron chi connectivity index (χ4n) is 4.50. The van der Waals surface area contributed by atoms with Gasteiger partial charge in [-0.05, 0) is 54.9 Å². The Hall–Kier alpha value is -2.13. The van der Waals surface area contributed by atoms with Crippen molar-refractivity contribution >= 4 is 17.5 Å². The molecule has 2 aromatic carbocycles. The van der Waals surface area contributed by atoms with E-state index < -0.39 is 17.8 Å². The molecule has 1 fully saturated rings. The molecule has 3 rings (SSSR count). The summed E-state index contributed by atoms with van der Waals surface area (Å²) >= 11 is 5.93. The second-order valence-corrected chi connectivity index (χ2v) is 9.36. The van der Waals surface area contributed by atoms with E-state index in [-0.39, 0.29) is 11.9 Å². The molecule has 0 aromatic heterocycles. The van der Waals surface area contributed by atoms with Gasteiger partial charge in [-0.1, -0.05) is 49.7 Å². The van der Waals surface area contributed by atoms with Gasteiger partial charge in [-0.2, -0.15) is 13.2 Å². The first-order valence-corrected chi connectivity index (χ1v) is 12.4. The molecule has 192 valence electrons. The number of hydrogen-bond donors (Lipinski definition) is 1. The maximum atomic E-state index is 13.1. The van der Waals surface area contributed by atoms with Gasteiger partial charge in [0.1, 0.15) is 0 Å². The lowest BCUT2D eigenvalue weighted by Gasteiger charge is -2.41. The number of carbonyl (C=O) groups excluding carboxylic acids is 1. The number of nitrogens with zero attached hydrogens (tertiary/aromatic N) is 3. The van der Waals surface area contributed by atoms with Gasteiger partial charge in [-0.25, -0.2) is 0 Å². The lowest BCUT2D eigenvalue weighted by molar-refractivity contribution is -0.137. The van der Waals surface area contributed by atoms with Crippen LogP contribution in [-0.4, -0.2) is 72.5 Å². The number of likely N-dealkylation sites (N-methyl/N-ethyl adjacent to an activating group) is 1. The summed E-state index contributed by atoms with van der Waals surface area (Å²) in [6.45, 7) is 8.89. The Morgan fingerprint density at radius 2 is 1.57 bits per heavy atom. The van der Waals surface area contributed by atoms with Crippen molar-refractivity contribution in [2.75, 3.05) is 45.8 Å². The van der Waals surface area contributed by atoms with Crippen LogP contribution in [0.3, 0.4) is 0 Å². The van der Waals surface area contributed by atoms with E-state index in [9.17, 15) is 18.0 Å². The molecule has 1 heterocycles. The van der Waals surface area contributed by atoms with Gasteiger partial charge in [-0.15, -0.1) is 0 Å². The molecule has 5 nitrogen and oxygen atoms in total. The third kappa shape index (κ3) is 7.43. The van der Waals surface area contributed by atoms with Crippen LogP contribution in [0.15, 0.2) is 48.5 Å². The van der Waals surface area contributed by atoms with E-state index in [1.807, 2.05) is 12.1 Å². The summed E-state index contributed by atoms with van der Waals surface area (Å²) in [5.74, 6) is -0.0885. The molecule has 0 radical (unpaired) electrons. The van der Waals surface area contributed by atoms with Crippen LogP contribution >= 0.6 is 11.6 Å². The summed E-state index contributed by atoms with van der Waals surface area (Å²) in [5, 5.41) is 0.636. The molecule has 0 saturated carbocycles. The Bertz CT molecular complexity index is 941. The van der Waals surface area contributed by atoms with Crippen molar-refractivity contribution in [2.45, 2.75) is 38.5 Å². The number of benzene rings is 2. The van der Waals surface area contributed by atoms with E-state index in [4.69, 9.17) is 17.3 Å². The van der Waals surface area contributed by atoms with E-state index in [1.165, 1.54) is 0 Å². The predicted octanol–water partition coefficient (Wildman–Crippen LogP) is 4.46. The Labute approximate surface area is 210 Å². The molecule has 2 aromatic rings. The first-order chi connectivity index (χ1) is 16.6. The first-order valence-electron chi connectivity index (χ1n) is 12.0. The zero-order valence-corrected chi connectivity index (χ0v) is 21.0. The number of hydrogen-bond acceptors (Lipinski definition) is 4. The molecule has 2 N–H and O–H groups in total. The summed E-state index contributed by atoms with van der Waals surface area (Å²) in [6, 6.07) is 12.1. The number of rotatable bonds is 9. The highest BCUT2D eigenvalue weighted by Crippen LogP contribution is 2.31. The normalized spacial score (nSPS) is 17.0. The Kier molecular flexibility index (Phi) is 9.58. The standard InChI is InChI=1S/C26H34ClF3N4O/c1-3-32(4-2)18-24(20-7-9-21(10-8-20)26(28,29)30)33-13-15-34(16-14-33)25(35)23(31)17-19-5-11-22(27)12-6-19/h5-12,23-24H,3-4,13-18,31H2,1-2H3. The predicted molar refractivity (Wildman–Crippen MR) is 133 cm³/mol. The van der Waals surface area contributed by atoms with Crippen molar-refractivity contribution in [3.8, 4) is 0 Å². The van der Waals surface area contributed by atoms with Crippen LogP contribution in [0.2, 0.25) is 5.02 Å². The van der Waals surface area contributed by atoms with Crippen molar-refractivity contribution < 1.29 is 18.0 Å². The van der Waals surface area contributed by atoms with Crippen LogP contribution in [0.4, 0.5) is 13.2 Å². The van der Waals surface area contributed by atoms with Gasteiger partial charge >= 0.3 is 6.18 Å². The SMILES string of the molecule is CCN(CC)CC(c1ccc(C(F)(F)F)cc1)N1CCN(C(=O)C(N)Cc2ccc(Cl)cc2)CC1. The van der Waals surface area contributed by atoms with E-state index in [2.05, 4.69) is 23.6 Å². The third-order valence-electron chi connectivity index (χ3n) is 6.70. The monoisotopic (exact) mass is 510 g/mol. The fourth-order valence-corrected chi connectivity index (χ4v) is 4.63. The fraction of sp³-hybridized carbons (Fsp3) is 0.500. The molecule has 1 aliphatic rings. The molecule has 0 aliphatic carbocycles. The van der Waals surface area contributed by atoms with E-state index in [0.29, 0.717) is 44.2 Å². The number of piperazine rings is 1. The second-order valence-electron chi connectivity index (χ2n) is 8.92. The summed E-state index contributed by atoms with van der Waals surface area (Å²) < 4.78 is 39.2. The second kappa shape index (κ2) is 12.2. The minimum atomic E-state index is -4.36. The maximum absolute atomic E-state index is 13.1. The van der Waals surface area contributed by atoms with Crippen LogP contribution < -0.4 is 5.73 Å². The highest BCUT2D eigenvalue weighted by atomic mass is 35.5. The third-order valence-corrected chi connectivity index (χ3v) is 6.95. The van der Waals surface area contributed by atoms with Gasteiger partial charge in [-0.3, -0.25) is 9.69 Å². The van der Waals surface area contributed by atoms with Gasteiger partial charge in [0.05, 0.1) is 11.6 Å². The summed E-state index contributed by atoms with van der Waals surface area (Å²) in [6.07, 6.45) is -3.92. The van der Waals surface area contributed by atoms with E-state index in [1.54, 1.807) is 29.2 Å². The van der Waals surface area contributed by atoms with Crippen molar-refractivity contribution in [1.82, 2.24) is 14.7 Å². The summed E-state index contributed by atoms with van der Waals surface area (Å²) in [4.78, 5) is 19.3. The quantitative estimate of drug-likeness (QED) is 0.541. The van der Waals surface area contributed by atoms with Crippen LogP contribution in [0.5, 0.6) is 0 Å². The average Bonchev–Trinajstić information content (AvgIpc) is 2.85. The van der Waals surface area contributed by atoms with E-state index >= 15 is 0 Å². The molecule has 1 amide bonds. The zero-order valence-electron chi connectivity index (χ0n) is 20.3. The topological polar surface area (TPSA) is 52.8 Å². The minimum Gasteiger partial charge on any atom is -0.339 e. The molecule has 35 heavy (non-hydrogen) atoms. The number of alkyl halides is 3. The largest absolute Gasteiger partial charge is 0.416 e. The number of carbonyl (C=O) groups is 1. The van der Waals surface area contributed by atoms with Crippen LogP contribution in [-0.2, 0) is 17.4 Å². The van der Waals surface area contributed by atoms with Crippen molar-refractivity contribution in [3.63, 3.8) is 0 Å². The maximum Gasteiger partial charge on any atom is 0.416 e. The zero-order chi connectivity index (χ0) is 25.6. The molecular formula is C26H34ClF3N4O. The Balaban J connectivity index is 1.66. The highest BCUT2D eigenvalue weighted by molar-refractivity contribution is 6.30. The van der Waals surface area contributed by atoms with Crippen molar-refractivity contribution in [2.24, 2.45) is 5.73 Å². The van der Waals surface area contributed by atoms with Crippen LogP contribution in [0.1, 0.15) is 36.6 Å². The molecule has 2 atom stereocenters. The number of nitrogens with two attached hydrogens (primary N) is 1. The summed E-state index contributed by atoms with van der Waals surface area (Å²) in [5.41, 5.74) is 7.38. The van der Waals surface area contributed by atoms with E-state index in [0.717, 1.165) is 36.3 Å². The van der Waals surface area contributed by atoms with Gasteiger partial charge < -0.3 is 15.5 Å². The van der Waals surface area contributed by atoms with Crippen LogP contribution in [0, 0.1) is 0 Å². The molecule has 0 spiro atoms. The van der Waals surface area contributed by atoms with Crippen LogP contribution in [0.25, 0.3) is 0 Å². The van der Waals surface area contributed by atoms with Gasteiger partial charge in [0, 0.05) is 43.8 Å². The van der Waals surface area contributed by atoms with Crippen molar-refractivity contribution in [1.29, 1.82) is 0 Å². The Morgan fingerprint density at radius 1 is 1.00 bits per heavy atom. The van der Waals surface area contributed by atoms with Gasteiger partial charge in [0.15, 0.2) is 0 Å². The van der Waals surface area contributed by atoms with Gasteiger partial charge in [0.2, 0.25) is 5.91 Å². The molecule has 0 bridgehead atoms. The molecule has 9 heteroatoms. The Morgan fingerprint density at radius 3 is 2.09 bits per heavy atom. The lowest BCUT2D eigenvalue weighted by atomic mass is 10.0. The first kappa shape index (κ1) is 27.5. The molecule has 1 saturated heterocycles. The number of halogens is 4. The average molecular weight is 511 g/mol. The lowest BCUT2D eigenvalue weighted by Crippen LogP contribution is -2.55. The number of amides is 1. The minimum absolute atomic E-state index is 0.0582. The van der Waals surface area contributed by atoms with Crippen molar-refractivity contribution in [3.05, 3.63) is 70.2 Å². The van der Waals surface area contributed by atoms with Gasteiger partial charge in [0.25, 0.3) is 0 Å². The highest BCUT2D eigenvalue weighted by Gasteiger charge is 2.32. The molecule has 1 aliphatic heterocycles. The molecular weight excluding hydrogens is 477 g/mol.